The minimum atomic E-state index is -3.69. The summed E-state index contributed by atoms with van der Waals surface area (Å²) in [5.74, 6) is 0. The van der Waals surface area contributed by atoms with Crippen LogP contribution in [0.1, 0.15) is 16.8 Å². The topological polar surface area (TPSA) is 47.0 Å². The molecule has 0 saturated heterocycles. The lowest BCUT2D eigenvalue weighted by Gasteiger charge is -2.09. The number of nitrogens with zero attached hydrogens (tertiary/aromatic N) is 1. The van der Waals surface area contributed by atoms with E-state index in [1.165, 1.54) is 6.07 Å². The Morgan fingerprint density at radius 2 is 1.76 bits per heavy atom. The first-order valence-corrected chi connectivity index (χ1v) is 7.44. The fraction of sp³-hybridized carbons (Fsp3) is 0.250. The van der Waals surface area contributed by atoms with Gasteiger partial charge in [0.25, 0.3) is 9.05 Å². The average Bonchev–Trinajstić information content (AvgIpc) is 2.24. The molecule has 0 unspecified atom stereocenters. The van der Waals surface area contributed by atoms with E-state index in [-0.39, 0.29) is 4.90 Å². The molecule has 0 aliphatic carbocycles. The number of benzene rings is 1. The van der Waals surface area contributed by atoms with E-state index in [0.717, 1.165) is 27.7 Å². The zero-order chi connectivity index (χ0) is 12.8. The molecule has 0 bridgehead atoms. The SMILES string of the molecule is Cc1nc2ccc(S(=O)(=O)Cl)cc2c(C)c1C. The first-order chi connectivity index (χ1) is 7.80. The summed E-state index contributed by atoms with van der Waals surface area (Å²) in [6, 6.07) is 4.74. The molecule has 0 atom stereocenters. The van der Waals surface area contributed by atoms with Crippen molar-refractivity contribution in [2.75, 3.05) is 0 Å². The zero-order valence-corrected chi connectivity index (χ0v) is 11.4. The Bertz CT molecular complexity index is 708. The molecular weight excluding hydrogens is 258 g/mol. The molecule has 2 aromatic rings. The molecule has 3 nitrogen and oxygen atoms in total. The van der Waals surface area contributed by atoms with Gasteiger partial charge < -0.3 is 0 Å². The highest BCUT2D eigenvalue weighted by Crippen LogP contribution is 2.26. The molecule has 0 spiro atoms. The largest absolute Gasteiger partial charge is 0.261 e. The quantitative estimate of drug-likeness (QED) is 0.748. The van der Waals surface area contributed by atoms with Gasteiger partial charge in [0.2, 0.25) is 0 Å². The third kappa shape index (κ3) is 2.15. The molecule has 0 aliphatic rings. The number of hydrogen-bond acceptors (Lipinski definition) is 3. The van der Waals surface area contributed by atoms with E-state index in [4.69, 9.17) is 10.7 Å². The molecule has 0 aliphatic heterocycles. The predicted molar refractivity (Wildman–Crippen MR) is 69.0 cm³/mol. The molecule has 0 radical (unpaired) electrons. The number of aromatic nitrogens is 1. The van der Waals surface area contributed by atoms with Gasteiger partial charge in [0.1, 0.15) is 0 Å². The van der Waals surface area contributed by atoms with Crippen molar-refractivity contribution in [1.29, 1.82) is 0 Å². The fourth-order valence-corrected chi connectivity index (χ4v) is 2.58. The van der Waals surface area contributed by atoms with Crippen LogP contribution in [0.4, 0.5) is 0 Å². The molecule has 0 fully saturated rings. The maximum absolute atomic E-state index is 11.3. The fourth-order valence-electron chi connectivity index (χ4n) is 1.80. The minimum Gasteiger partial charge on any atom is -0.253 e. The molecule has 1 heterocycles. The maximum atomic E-state index is 11.3. The van der Waals surface area contributed by atoms with Gasteiger partial charge >= 0.3 is 0 Å². The summed E-state index contributed by atoms with van der Waals surface area (Å²) in [6.45, 7) is 5.87. The molecule has 0 saturated carbocycles. The second-order valence-corrected chi connectivity index (χ2v) is 6.63. The van der Waals surface area contributed by atoms with E-state index >= 15 is 0 Å². The molecule has 2 rings (SSSR count). The van der Waals surface area contributed by atoms with Crippen LogP contribution >= 0.6 is 10.7 Å². The molecule has 90 valence electrons. The van der Waals surface area contributed by atoms with Crippen molar-refractivity contribution in [3.8, 4) is 0 Å². The summed E-state index contributed by atoms with van der Waals surface area (Å²) in [7, 11) is 1.64. The highest BCUT2D eigenvalue weighted by molar-refractivity contribution is 8.13. The van der Waals surface area contributed by atoms with Crippen LogP contribution in [-0.2, 0) is 9.05 Å². The van der Waals surface area contributed by atoms with E-state index in [1.54, 1.807) is 12.1 Å². The standard InChI is InChI=1S/C12H12ClNO2S/c1-7-8(2)11-6-10(17(13,15)16)4-5-12(11)14-9(7)3/h4-6H,1-3H3. The van der Waals surface area contributed by atoms with Crippen molar-refractivity contribution in [2.45, 2.75) is 25.7 Å². The summed E-state index contributed by atoms with van der Waals surface area (Å²) in [6.07, 6.45) is 0. The molecule has 17 heavy (non-hydrogen) atoms. The Morgan fingerprint density at radius 3 is 2.35 bits per heavy atom. The van der Waals surface area contributed by atoms with Crippen LogP contribution in [0.25, 0.3) is 10.9 Å². The van der Waals surface area contributed by atoms with Crippen molar-refractivity contribution < 1.29 is 8.42 Å². The smallest absolute Gasteiger partial charge is 0.253 e. The van der Waals surface area contributed by atoms with Gasteiger partial charge in [-0.05, 0) is 50.1 Å². The first-order valence-electron chi connectivity index (χ1n) is 5.13. The summed E-state index contributed by atoms with van der Waals surface area (Å²) in [4.78, 5) is 4.53. The van der Waals surface area contributed by atoms with E-state index < -0.39 is 9.05 Å². The summed E-state index contributed by atoms with van der Waals surface area (Å²) < 4.78 is 22.6. The molecule has 0 amide bonds. The first kappa shape index (κ1) is 12.3. The Hall–Kier alpha value is -1.13. The molecule has 0 N–H and O–H groups in total. The zero-order valence-electron chi connectivity index (χ0n) is 9.78. The Kier molecular flexibility index (Phi) is 2.87. The van der Waals surface area contributed by atoms with Crippen molar-refractivity contribution in [2.24, 2.45) is 0 Å². The van der Waals surface area contributed by atoms with Gasteiger partial charge in [0.15, 0.2) is 0 Å². The monoisotopic (exact) mass is 269 g/mol. The van der Waals surface area contributed by atoms with E-state index in [9.17, 15) is 8.42 Å². The van der Waals surface area contributed by atoms with Gasteiger partial charge in [-0.3, -0.25) is 4.98 Å². The molecular formula is C12H12ClNO2S. The number of halogens is 1. The van der Waals surface area contributed by atoms with Crippen LogP contribution < -0.4 is 0 Å². The second-order valence-electron chi connectivity index (χ2n) is 4.06. The minimum absolute atomic E-state index is 0.111. The van der Waals surface area contributed by atoms with Gasteiger partial charge in [-0.15, -0.1) is 0 Å². The van der Waals surface area contributed by atoms with Gasteiger partial charge in [-0.2, -0.15) is 0 Å². The van der Waals surface area contributed by atoms with Crippen molar-refractivity contribution in [3.05, 3.63) is 35.0 Å². The Morgan fingerprint density at radius 1 is 1.12 bits per heavy atom. The van der Waals surface area contributed by atoms with Crippen LogP contribution in [0.3, 0.4) is 0 Å². The number of rotatable bonds is 1. The van der Waals surface area contributed by atoms with Crippen molar-refractivity contribution in [3.63, 3.8) is 0 Å². The van der Waals surface area contributed by atoms with Crippen LogP contribution in [0.5, 0.6) is 0 Å². The van der Waals surface area contributed by atoms with Crippen LogP contribution in [0.15, 0.2) is 23.1 Å². The van der Waals surface area contributed by atoms with Gasteiger partial charge in [0, 0.05) is 21.8 Å². The van der Waals surface area contributed by atoms with Crippen LogP contribution in [0.2, 0.25) is 0 Å². The lowest BCUT2D eigenvalue weighted by atomic mass is 10.0. The van der Waals surface area contributed by atoms with Crippen LogP contribution in [-0.4, -0.2) is 13.4 Å². The summed E-state index contributed by atoms with van der Waals surface area (Å²) in [5, 5.41) is 0.829. The molecule has 1 aromatic heterocycles. The normalized spacial score (nSPS) is 12.0. The van der Waals surface area contributed by atoms with E-state index in [0.29, 0.717) is 0 Å². The lowest BCUT2D eigenvalue weighted by molar-refractivity contribution is 0.609. The predicted octanol–water partition coefficient (Wildman–Crippen LogP) is 3.09. The maximum Gasteiger partial charge on any atom is 0.261 e. The van der Waals surface area contributed by atoms with Crippen molar-refractivity contribution >= 4 is 30.6 Å². The Balaban J connectivity index is 2.87. The summed E-state index contributed by atoms with van der Waals surface area (Å²) in [5.41, 5.74) is 3.85. The van der Waals surface area contributed by atoms with Gasteiger partial charge in [-0.25, -0.2) is 8.42 Å². The second kappa shape index (κ2) is 3.96. The number of hydrogen-bond donors (Lipinski definition) is 0. The third-order valence-electron chi connectivity index (χ3n) is 3.05. The van der Waals surface area contributed by atoms with Crippen LogP contribution in [0, 0.1) is 20.8 Å². The molecule has 5 heteroatoms. The number of pyridine rings is 1. The highest BCUT2D eigenvalue weighted by atomic mass is 35.7. The third-order valence-corrected chi connectivity index (χ3v) is 4.40. The van der Waals surface area contributed by atoms with Crippen molar-refractivity contribution in [1.82, 2.24) is 4.98 Å². The van der Waals surface area contributed by atoms with Gasteiger partial charge in [-0.1, -0.05) is 0 Å². The Labute approximate surface area is 105 Å². The number of aryl methyl sites for hydroxylation is 2. The average molecular weight is 270 g/mol. The van der Waals surface area contributed by atoms with E-state index in [2.05, 4.69) is 4.98 Å². The number of fused-ring (bicyclic) bond motifs is 1. The van der Waals surface area contributed by atoms with E-state index in [1.807, 2.05) is 20.8 Å². The van der Waals surface area contributed by atoms with Gasteiger partial charge in [0.05, 0.1) is 10.4 Å². The summed E-state index contributed by atoms with van der Waals surface area (Å²) >= 11 is 0. The lowest BCUT2D eigenvalue weighted by Crippen LogP contribution is -1.96. The molecule has 1 aromatic carbocycles. The highest BCUT2D eigenvalue weighted by Gasteiger charge is 2.13.